The Morgan fingerprint density at radius 2 is 1.73 bits per heavy atom. The van der Waals surface area contributed by atoms with E-state index in [2.05, 4.69) is 10.1 Å². The fourth-order valence-electron chi connectivity index (χ4n) is 2.43. The Hall–Kier alpha value is -2.54. The molecule has 2 aromatic carbocycles. The fourth-order valence-corrected chi connectivity index (χ4v) is 2.43. The van der Waals surface area contributed by atoms with Crippen LogP contribution in [0.1, 0.15) is 36.6 Å². The molecule has 7 heteroatoms. The van der Waals surface area contributed by atoms with Gasteiger partial charge in [-0.05, 0) is 35.7 Å². The number of halogens is 3. The molecule has 1 N–H and O–H groups in total. The lowest BCUT2D eigenvalue weighted by molar-refractivity contribution is -0.274. The second-order valence-corrected chi connectivity index (χ2v) is 5.79. The van der Waals surface area contributed by atoms with E-state index in [1.807, 2.05) is 24.3 Å². The summed E-state index contributed by atoms with van der Waals surface area (Å²) < 4.78 is 45.4. The van der Waals surface area contributed by atoms with Crippen LogP contribution in [0.5, 0.6) is 5.75 Å². The van der Waals surface area contributed by atoms with Crippen LogP contribution in [0.2, 0.25) is 0 Å². The number of nitrogens with one attached hydrogen (secondary N) is 1. The molecular weight excluding hydrogens is 347 g/mol. The maximum absolute atomic E-state index is 12.1. The van der Waals surface area contributed by atoms with Crippen molar-refractivity contribution in [2.45, 2.75) is 39.4 Å². The standard InChI is InChI=1S/C19H20F3NO3/c1-13(25-14(2)24)17-5-3-4-16(10-17)12-23-11-15-6-8-18(9-7-15)26-19(20,21)22/h3-10,13,23H,11-12H2,1-2H3. The van der Waals surface area contributed by atoms with E-state index in [0.29, 0.717) is 13.1 Å². The lowest BCUT2D eigenvalue weighted by atomic mass is 10.1. The highest BCUT2D eigenvalue weighted by molar-refractivity contribution is 5.66. The number of alkyl halides is 3. The number of rotatable bonds is 7. The van der Waals surface area contributed by atoms with E-state index in [-0.39, 0.29) is 17.8 Å². The molecule has 0 aliphatic rings. The highest BCUT2D eigenvalue weighted by atomic mass is 19.4. The van der Waals surface area contributed by atoms with Crippen LogP contribution in [0.3, 0.4) is 0 Å². The maximum atomic E-state index is 12.1. The van der Waals surface area contributed by atoms with Gasteiger partial charge >= 0.3 is 12.3 Å². The minimum Gasteiger partial charge on any atom is -0.458 e. The summed E-state index contributed by atoms with van der Waals surface area (Å²) in [5.41, 5.74) is 2.75. The van der Waals surface area contributed by atoms with Gasteiger partial charge in [-0.15, -0.1) is 13.2 Å². The van der Waals surface area contributed by atoms with Gasteiger partial charge in [0, 0.05) is 20.0 Å². The number of benzene rings is 2. The third-order valence-corrected chi connectivity index (χ3v) is 3.58. The smallest absolute Gasteiger partial charge is 0.458 e. The maximum Gasteiger partial charge on any atom is 0.573 e. The van der Waals surface area contributed by atoms with Gasteiger partial charge in [-0.2, -0.15) is 0 Å². The predicted molar refractivity (Wildman–Crippen MR) is 90.3 cm³/mol. The summed E-state index contributed by atoms with van der Waals surface area (Å²) in [5, 5.41) is 3.22. The zero-order valence-electron chi connectivity index (χ0n) is 14.5. The largest absolute Gasteiger partial charge is 0.573 e. The van der Waals surface area contributed by atoms with Gasteiger partial charge in [0.05, 0.1) is 0 Å². The highest BCUT2D eigenvalue weighted by Crippen LogP contribution is 2.23. The number of carbonyl (C=O) groups is 1. The van der Waals surface area contributed by atoms with Gasteiger partial charge in [-0.3, -0.25) is 4.79 Å². The first-order chi connectivity index (χ1) is 12.2. The van der Waals surface area contributed by atoms with Crippen molar-refractivity contribution in [3.05, 3.63) is 65.2 Å². The average Bonchev–Trinajstić information content (AvgIpc) is 2.55. The monoisotopic (exact) mass is 367 g/mol. The number of hydrogen-bond donors (Lipinski definition) is 1. The van der Waals surface area contributed by atoms with Crippen LogP contribution in [0.4, 0.5) is 13.2 Å². The molecular formula is C19H20F3NO3. The summed E-state index contributed by atoms with van der Waals surface area (Å²) in [4.78, 5) is 11.0. The van der Waals surface area contributed by atoms with E-state index in [1.165, 1.54) is 19.1 Å². The van der Waals surface area contributed by atoms with Gasteiger partial charge in [-0.25, -0.2) is 0 Å². The Kier molecular flexibility index (Phi) is 6.63. The van der Waals surface area contributed by atoms with Crippen LogP contribution < -0.4 is 10.1 Å². The fraction of sp³-hybridized carbons (Fsp3) is 0.316. The molecule has 0 aromatic heterocycles. The number of hydrogen-bond acceptors (Lipinski definition) is 4. The van der Waals surface area contributed by atoms with Gasteiger partial charge in [0.15, 0.2) is 0 Å². The van der Waals surface area contributed by atoms with Crippen LogP contribution in [-0.4, -0.2) is 12.3 Å². The van der Waals surface area contributed by atoms with Crippen molar-refractivity contribution in [2.24, 2.45) is 0 Å². The Morgan fingerprint density at radius 3 is 2.35 bits per heavy atom. The van der Waals surface area contributed by atoms with E-state index >= 15 is 0 Å². The quantitative estimate of drug-likeness (QED) is 0.732. The molecule has 1 unspecified atom stereocenters. The molecule has 26 heavy (non-hydrogen) atoms. The van der Waals surface area contributed by atoms with Crippen LogP contribution in [-0.2, 0) is 22.6 Å². The number of esters is 1. The molecule has 0 amide bonds. The number of ether oxygens (including phenoxy) is 2. The van der Waals surface area contributed by atoms with E-state index in [4.69, 9.17) is 4.74 Å². The molecule has 2 aromatic rings. The molecule has 1 atom stereocenters. The van der Waals surface area contributed by atoms with Crippen molar-refractivity contribution < 1.29 is 27.4 Å². The summed E-state index contributed by atoms with van der Waals surface area (Å²) >= 11 is 0. The molecule has 0 radical (unpaired) electrons. The van der Waals surface area contributed by atoms with Crippen molar-refractivity contribution in [1.29, 1.82) is 0 Å². The van der Waals surface area contributed by atoms with Crippen LogP contribution in [0.25, 0.3) is 0 Å². The summed E-state index contributed by atoms with van der Waals surface area (Å²) in [5.74, 6) is -0.576. The van der Waals surface area contributed by atoms with Crippen molar-refractivity contribution in [3.63, 3.8) is 0 Å². The van der Waals surface area contributed by atoms with Crippen LogP contribution in [0.15, 0.2) is 48.5 Å². The third kappa shape index (κ3) is 6.76. The van der Waals surface area contributed by atoms with Crippen molar-refractivity contribution in [1.82, 2.24) is 5.32 Å². The molecule has 0 bridgehead atoms. The second kappa shape index (κ2) is 8.71. The zero-order chi connectivity index (χ0) is 19.2. The SMILES string of the molecule is CC(=O)OC(C)c1cccc(CNCc2ccc(OC(F)(F)F)cc2)c1. The van der Waals surface area contributed by atoms with Gasteiger partial charge in [0.1, 0.15) is 11.9 Å². The normalized spacial score (nSPS) is 12.5. The van der Waals surface area contributed by atoms with E-state index in [0.717, 1.165) is 16.7 Å². The van der Waals surface area contributed by atoms with Crippen LogP contribution >= 0.6 is 0 Å². The van der Waals surface area contributed by atoms with Crippen molar-refractivity contribution in [3.8, 4) is 5.75 Å². The highest BCUT2D eigenvalue weighted by Gasteiger charge is 2.30. The zero-order valence-corrected chi connectivity index (χ0v) is 14.5. The first-order valence-corrected chi connectivity index (χ1v) is 8.04. The molecule has 4 nitrogen and oxygen atoms in total. The van der Waals surface area contributed by atoms with E-state index < -0.39 is 6.36 Å². The molecule has 0 saturated carbocycles. The van der Waals surface area contributed by atoms with Gasteiger partial charge in [0.25, 0.3) is 0 Å². The minimum absolute atomic E-state index is 0.242. The van der Waals surface area contributed by atoms with Gasteiger partial charge in [0.2, 0.25) is 0 Å². The molecule has 140 valence electrons. The second-order valence-electron chi connectivity index (χ2n) is 5.79. The minimum atomic E-state index is -4.69. The van der Waals surface area contributed by atoms with Crippen LogP contribution in [0, 0.1) is 0 Å². The molecule has 0 spiro atoms. The first kappa shape index (κ1) is 19.8. The van der Waals surface area contributed by atoms with Gasteiger partial charge in [-0.1, -0.05) is 36.4 Å². The molecule has 0 fully saturated rings. The molecule has 0 aliphatic heterocycles. The summed E-state index contributed by atoms with van der Waals surface area (Å²) in [6.45, 7) is 4.24. The average molecular weight is 367 g/mol. The predicted octanol–water partition coefficient (Wildman–Crippen LogP) is 4.50. The molecule has 2 rings (SSSR count). The van der Waals surface area contributed by atoms with Gasteiger partial charge < -0.3 is 14.8 Å². The summed E-state index contributed by atoms with van der Waals surface area (Å²) in [7, 11) is 0. The number of carbonyl (C=O) groups excluding carboxylic acids is 1. The lowest BCUT2D eigenvalue weighted by Gasteiger charge is -2.14. The van der Waals surface area contributed by atoms with Crippen molar-refractivity contribution >= 4 is 5.97 Å². The first-order valence-electron chi connectivity index (χ1n) is 8.04. The molecule has 0 heterocycles. The Morgan fingerprint density at radius 1 is 1.08 bits per heavy atom. The summed E-state index contributed by atoms with van der Waals surface area (Å²) in [6, 6.07) is 13.4. The Bertz CT molecular complexity index is 730. The van der Waals surface area contributed by atoms with E-state index in [1.54, 1.807) is 19.1 Å². The lowest BCUT2D eigenvalue weighted by Crippen LogP contribution is -2.17. The summed E-state index contributed by atoms with van der Waals surface area (Å²) in [6.07, 6.45) is -5.01. The Labute approximate surface area is 149 Å². The topological polar surface area (TPSA) is 47.6 Å². The van der Waals surface area contributed by atoms with Crippen molar-refractivity contribution in [2.75, 3.05) is 0 Å². The Balaban J connectivity index is 1.87. The molecule has 0 aliphatic carbocycles. The third-order valence-electron chi connectivity index (χ3n) is 3.58. The van der Waals surface area contributed by atoms with E-state index in [9.17, 15) is 18.0 Å². The molecule has 0 saturated heterocycles.